The van der Waals surface area contributed by atoms with Gasteiger partial charge in [-0.3, -0.25) is 9.69 Å². The number of aromatic amines is 1. The normalized spacial score (nSPS) is 17.0. The highest BCUT2D eigenvalue weighted by Crippen LogP contribution is 2.24. The topological polar surface area (TPSA) is 39.3 Å². The van der Waals surface area contributed by atoms with E-state index in [2.05, 4.69) is 4.98 Å². The molecule has 2 heterocycles. The summed E-state index contributed by atoms with van der Waals surface area (Å²) in [6.07, 6.45) is -4.19. The first-order valence-corrected chi connectivity index (χ1v) is 7.51. The van der Waals surface area contributed by atoms with Gasteiger partial charge in [0.15, 0.2) is 0 Å². The molecular formula is C16H18F3N3O. The number of alkyl halides is 3. The fourth-order valence-electron chi connectivity index (χ4n) is 3.07. The van der Waals surface area contributed by atoms with Crippen LogP contribution in [0.1, 0.15) is 16.1 Å². The molecule has 0 atom stereocenters. The van der Waals surface area contributed by atoms with Crippen LogP contribution < -0.4 is 0 Å². The lowest BCUT2D eigenvalue weighted by Crippen LogP contribution is -2.51. The van der Waals surface area contributed by atoms with Gasteiger partial charge in [0.05, 0.1) is 12.1 Å². The third kappa shape index (κ3) is 3.34. The van der Waals surface area contributed by atoms with Gasteiger partial charge in [0, 0.05) is 42.8 Å². The average molecular weight is 325 g/mol. The van der Waals surface area contributed by atoms with Crippen LogP contribution in [0.25, 0.3) is 10.9 Å². The lowest BCUT2D eigenvalue weighted by atomic mass is 10.1. The number of aromatic nitrogens is 1. The zero-order valence-electron chi connectivity index (χ0n) is 12.8. The van der Waals surface area contributed by atoms with Gasteiger partial charge >= 0.3 is 6.18 Å². The average Bonchev–Trinajstić information content (AvgIpc) is 2.81. The third-order valence-electron chi connectivity index (χ3n) is 4.17. The van der Waals surface area contributed by atoms with Crippen LogP contribution in [0.2, 0.25) is 0 Å². The molecule has 23 heavy (non-hydrogen) atoms. The summed E-state index contributed by atoms with van der Waals surface area (Å²) in [5.74, 6) is -0.119. The Balaban J connectivity index is 1.73. The van der Waals surface area contributed by atoms with Gasteiger partial charge in [0.2, 0.25) is 0 Å². The highest BCUT2D eigenvalue weighted by atomic mass is 19.4. The second-order valence-corrected chi connectivity index (χ2v) is 5.85. The summed E-state index contributed by atoms with van der Waals surface area (Å²) in [6.45, 7) is 2.04. The van der Waals surface area contributed by atoms with E-state index in [1.165, 1.54) is 4.90 Å². The van der Waals surface area contributed by atoms with Crippen molar-refractivity contribution in [1.29, 1.82) is 0 Å². The molecule has 1 aromatic carbocycles. The molecule has 0 saturated carbocycles. The van der Waals surface area contributed by atoms with Crippen LogP contribution in [-0.4, -0.2) is 59.6 Å². The van der Waals surface area contributed by atoms with Crippen molar-refractivity contribution in [1.82, 2.24) is 14.8 Å². The zero-order valence-corrected chi connectivity index (χ0v) is 12.8. The van der Waals surface area contributed by atoms with E-state index in [0.29, 0.717) is 18.7 Å². The van der Waals surface area contributed by atoms with E-state index in [4.69, 9.17) is 0 Å². The molecule has 1 fully saturated rings. The molecule has 1 aliphatic rings. The number of hydrogen-bond donors (Lipinski definition) is 1. The number of piperazine rings is 1. The van der Waals surface area contributed by atoms with Crippen molar-refractivity contribution in [3.05, 3.63) is 35.5 Å². The van der Waals surface area contributed by atoms with Gasteiger partial charge in [-0.25, -0.2) is 0 Å². The molecule has 1 amide bonds. The number of rotatable bonds is 2. The molecule has 1 aliphatic heterocycles. The standard InChI is InChI=1S/C16H18F3N3O/c1-11-14(12-4-2-3-5-13(12)20-11)15(23)22-8-6-21(7-9-22)10-16(17,18)19/h2-5,20H,6-10H2,1H3. The minimum Gasteiger partial charge on any atom is -0.358 e. The van der Waals surface area contributed by atoms with Gasteiger partial charge < -0.3 is 9.88 Å². The Labute approximate surface area is 131 Å². The van der Waals surface area contributed by atoms with Crippen LogP contribution in [0.15, 0.2) is 24.3 Å². The Kier molecular flexibility index (Phi) is 4.06. The number of H-pyrrole nitrogens is 1. The molecule has 124 valence electrons. The largest absolute Gasteiger partial charge is 0.401 e. The summed E-state index contributed by atoms with van der Waals surface area (Å²) in [7, 11) is 0. The summed E-state index contributed by atoms with van der Waals surface area (Å²) in [4.78, 5) is 18.9. The Morgan fingerprint density at radius 3 is 2.48 bits per heavy atom. The monoisotopic (exact) mass is 325 g/mol. The first-order chi connectivity index (χ1) is 10.8. The van der Waals surface area contributed by atoms with Crippen molar-refractivity contribution >= 4 is 16.8 Å². The number of carbonyl (C=O) groups is 1. The van der Waals surface area contributed by atoms with Crippen LogP contribution in [0.4, 0.5) is 13.2 Å². The smallest absolute Gasteiger partial charge is 0.358 e. The molecule has 1 saturated heterocycles. The van der Waals surface area contributed by atoms with Crippen molar-refractivity contribution in [3.8, 4) is 0 Å². The van der Waals surface area contributed by atoms with Gasteiger partial charge in [-0.2, -0.15) is 13.2 Å². The van der Waals surface area contributed by atoms with Crippen molar-refractivity contribution in [2.45, 2.75) is 13.1 Å². The van der Waals surface area contributed by atoms with Gasteiger partial charge in [-0.15, -0.1) is 0 Å². The fraction of sp³-hybridized carbons (Fsp3) is 0.438. The third-order valence-corrected chi connectivity index (χ3v) is 4.17. The maximum Gasteiger partial charge on any atom is 0.401 e. The number of aryl methyl sites for hydroxylation is 1. The molecule has 0 aliphatic carbocycles. The Hall–Kier alpha value is -2.02. The Morgan fingerprint density at radius 1 is 1.17 bits per heavy atom. The fourth-order valence-corrected chi connectivity index (χ4v) is 3.07. The number of carbonyl (C=O) groups excluding carboxylic acids is 1. The number of fused-ring (bicyclic) bond motifs is 1. The van der Waals surface area contributed by atoms with Crippen molar-refractivity contribution in [2.24, 2.45) is 0 Å². The minimum atomic E-state index is -4.19. The predicted molar refractivity (Wildman–Crippen MR) is 81.4 cm³/mol. The number of nitrogens with zero attached hydrogens (tertiary/aromatic N) is 2. The van der Waals surface area contributed by atoms with Crippen molar-refractivity contribution < 1.29 is 18.0 Å². The van der Waals surface area contributed by atoms with Crippen LogP contribution in [0, 0.1) is 6.92 Å². The quantitative estimate of drug-likeness (QED) is 0.922. The van der Waals surface area contributed by atoms with Crippen LogP contribution in [0.5, 0.6) is 0 Å². The molecule has 0 radical (unpaired) electrons. The number of hydrogen-bond acceptors (Lipinski definition) is 2. The molecule has 1 aromatic heterocycles. The maximum absolute atomic E-state index is 12.8. The molecule has 0 spiro atoms. The molecule has 4 nitrogen and oxygen atoms in total. The molecule has 7 heteroatoms. The second kappa shape index (κ2) is 5.88. The zero-order chi connectivity index (χ0) is 16.6. The first kappa shape index (κ1) is 15.9. The van der Waals surface area contributed by atoms with Gasteiger partial charge in [0.25, 0.3) is 5.91 Å². The van der Waals surface area contributed by atoms with Crippen molar-refractivity contribution in [2.75, 3.05) is 32.7 Å². The lowest BCUT2D eigenvalue weighted by Gasteiger charge is -2.35. The van der Waals surface area contributed by atoms with E-state index in [1.807, 2.05) is 31.2 Å². The lowest BCUT2D eigenvalue weighted by molar-refractivity contribution is -0.148. The van der Waals surface area contributed by atoms with Gasteiger partial charge in [-0.1, -0.05) is 18.2 Å². The maximum atomic E-state index is 12.8. The number of para-hydroxylation sites is 1. The Bertz CT molecular complexity index is 715. The number of benzene rings is 1. The molecular weight excluding hydrogens is 307 g/mol. The second-order valence-electron chi connectivity index (χ2n) is 5.85. The van der Waals surface area contributed by atoms with Gasteiger partial charge in [-0.05, 0) is 13.0 Å². The summed E-state index contributed by atoms with van der Waals surface area (Å²) in [5.41, 5.74) is 2.29. The van der Waals surface area contributed by atoms with E-state index in [9.17, 15) is 18.0 Å². The summed E-state index contributed by atoms with van der Waals surface area (Å²) >= 11 is 0. The molecule has 1 N–H and O–H groups in total. The molecule has 0 unspecified atom stereocenters. The predicted octanol–water partition coefficient (Wildman–Crippen LogP) is 2.80. The Morgan fingerprint density at radius 2 is 1.83 bits per heavy atom. The van der Waals surface area contributed by atoms with E-state index in [-0.39, 0.29) is 19.0 Å². The van der Waals surface area contributed by atoms with Gasteiger partial charge in [0.1, 0.15) is 0 Å². The first-order valence-electron chi connectivity index (χ1n) is 7.51. The molecule has 0 bridgehead atoms. The summed E-state index contributed by atoms with van der Waals surface area (Å²) in [5, 5.41) is 0.854. The van der Waals surface area contributed by atoms with E-state index in [0.717, 1.165) is 16.6 Å². The highest BCUT2D eigenvalue weighted by molar-refractivity contribution is 6.08. The number of halogens is 3. The van der Waals surface area contributed by atoms with E-state index < -0.39 is 12.7 Å². The van der Waals surface area contributed by atoms with Crippen LogP contribution in [-0.2, 0) is 0 Å². The SMILES string of the molecule is Cc1[nH]c2ccccc2c1C(=O)N1CCN(CC(F)(F)F)CC1. The number of nitrogens with one attached hydrogen (secondary N) is 1. The minimum absolute atomic E-state index is 0.119. The van der Waals surface area contributed by atoms with E-state index in [1.54, 1.807) is 4.90 Å². The van der Waals surface area contributed by atoms with Crippen LogP contribution >= 0.6 is 0 Å². The summed E-state index contributed by atoms with van der Waals surface area (Å²) < 4.78 is 37.3. The van der Waals surface area contributed by atoms with Crippen LogP contribution in [0.3, 0.4) is 0 Å². The van der Waals surface area contributed by atoms with E-state index >= 15 is 0 Å². The van der Waals surface area contributed by atoms with Crippen molar-refractivity contribution in [3.63, 3.8) is 0 Å². The number of amides is 1. The summed E-state index contributed by atoms with van der Waals surface area (Å²) in [6, 6.07) is 7.54. The highest BCUT2D eigenvalue weighted by Gasteiger charge is 2.33. The molecule has 2 aromatic rings. The molecule has 3 rings (SSSR count).